The molecule has 1 aliphatic rings. The first-order valence-electron chi connectivity index (χ1n) is 16.1. The fourth-order valence-electron chi connectivity index (χ4n) is 5.75. The number of aryl methyl sites for hydroxylation is 1. The van der Waals surface area contributed by atoms with Crippen LogP contribution in [0.1, 0.15) is 57.1 Å². The standard InChI is InChI=1S/C35H45N5O4S/c1-5-10-27-13-16-29(17-14-27)45(41,42)40-23-21-39(22-24-40)26(4)34-37-31-12-9-8-11-30(31)35(38-34)36-20-19-28-15-18-32(43-6-2)33(25-28)44-7-3/h8-9,11-18,25-26H,5-7,10,19-24H2,1-4H3,(H,36,37,38)/t26-/m0/s1. The Morgan fingerprint density at radius 3 is 2.22 bits per heavy atom. The van der Waals surface area contributed by atoms with E-state index in [2.05, 4.69) is 30.1 Å². The van der Waals surface area contributed by atoms with Gasteiger partial charge < -0.3 is 14.8 Å². The predicted molar refractivity (Wildman–Crippen MR) is 180 cm³/mol. The molecule has 0 radical (unpaired) electrons. The van der Waals surface area contributed by atoms with Crippen LogP contribution in [0.5, 0.6) is 11.5 Å². The van der Waals surface area contributed by atoms with Gasteiger partial charge in [-0.3, -0.25) is 4.90 Å². The maximum Gasteiger partial charge on any atom is 0.243 e. The van der Waals surface area contributed by atoms with Crippen molar-refractivity contribution < 1.29 is 17.9 Å². The quantitative estimate of drug-likeness (QED) is 0.178. The van der Waals surface area contributed by atoms with Gasteiger partial charge in [0.25, 0.3) is 0 Å². The molecule has 1 N–H and O–H groups in total. The predicted octanol–water partition coefficient (Wildman–Crippen LogP) is 6.10. The third kappa shape index (κ3) is 7.74. The number of hydrogen-bond acceptors (Lipinski definition) is 8. The van der Waals surface area contributed by atoms with Gasteiger partial charge in [0.2, 0.25) is 10.0 Å². The molecule has 0 amide bonds. The highest BCUT2D eigenvalue weighted by molar-refractivity contribution is 7.89. The first-order valence-corrected chi connectivity index (χ1v) is 17.5. The van der Waals surface area contributed by atoms with Crippen LogP contribution in [0.4, 0.5) is 5.82 Å². The number of benzene rings is 3. The van der Waals surface area contributed by atoms with Gasteiger partial charge in [-0.25, -0.2) is 18.4 Å². The van der Waals surface area contributed by atoms with E-state index in [4.69, 9.17) is 19.4 Å². The fraction of sp³-hybridized carbons (Fsp3) is 0.429. The molecule has 1 aromatic heterocycles. The van der Waals surface area contributed by atoms with Crippen molar-refractivity contribution in [3.8, 4) is 11.5 Å². The zero-order valence-electron chi connectivity index (χ0n) is 26.8. The SMILES string of the molecule is CCCc1ccc(S(=O)(=O)N2CCN([C@@H](C)c3nc(NCCc4ccc(OCC)c(OCC)c4)c4ccccc4n3)CC2)cc1. The van der Waals surface area contributed by atoms with Crippen LogP contribution >= 0.6 is 0 Å². The lowest BCUT2D eigenvalue weighted by molar-refractivity contribution is 0.141. The van der Waals surface area contributed by atoms with Gasteiger partial charge in [0, 0.05) is 38.1 Å². The molecule has 4 aromatic rings. The minimum Gasteiger partial charge on any atom is -0.490 e. The average Bonchev–Trinajstić information content (AvgIpc) is 3.06. The average molecular weight is 632 g/mol. The molecule has 3 aromatic carbocycles. The van der Waals surface area contributed by atoms with E-state index < -0.39 is 10.0 Å². The highest BCUT2D eigenvalue weighted by Crippen LogP contribution is 2.30. The molecule has 240 valence electrons. The maximum absolute atomic E-state index is 13.4. The summed E-state index contributed by atoms with van der Waals surface area (Å²) >= 11 is 0. The van der Waals surface area contributed by atoms with Crippen LogP contribution in [0.25, 0.3) is 10.9 Å². The van der Waals surface area contributed by atoms with E-state index in [1.54, 1.807) is 16.4 Å². The molecule has 10 heteroatoms. The Hall–Kier alpha value is -3.73. The van der Waals surface area contributed by atoms with Crippen LogP contribution in [-0.4, -0.2) is 73.5 Å². The summed E-state index contributed by atoms with van der Waals surface area (Å²) in [5.41, 5.74) is 3.18. The van der Waals surface area contributed by atoms with Gasteiger partial charge in [0.15, 0.2) is 11.5 Å². The van der Waals surface area contributed by atoms with E-state index >= 15 is 0 Å². The number of fused-ring (bicyclic) bond motifs is 1. The third-order valence-electron chi connectivity index (χ3n) is 8.23. The Morgan fingerprint density at radius 2 is 1.51 bits per heavy atom. The van der Waals surface area contributed by atoms with Crippen LogP contribution < -0.4 is 14.8 Å². The lowest BCUT2D eigenvalue weighted by Gasteiger charge is -2.37. The number of anilines is 1. The van der Waals surface area contributed by atoms with Crippen molar-refractivity contribution in [3.05, 3.63) is 83.7 Å². The summed E-state index contributed by atoms with van der Waals surface area (Å²) in [6.45, 7) is 12.1. The number of nitrogens with zero attached hydrogens (tertiary/aromatic N) is 4. The van der Waals surface area contributed by atoms with Crippen LogP contribution in [0.15, 0.2) is 71.6 Å². The lowest BCUT2D eigenvalue weighted by atomic mass is 10.1. The number of nitrogens with one attached hydrogen (secondary N) is 1. The van der Waals surface area contributed by atoms with Crippen LogP contribution in [-0.2, 0) is 22.9 Å². The zero-order chi connectivity index (χ0) is 31.8. The third-order valence-corrected chi connectivity index (χ3v) is 10.1. The zero-order valence-corrected chi connectivity index (χ0v) is 27.6. The van der Waals surface area contributed by atoms with E-state index in [1.165, 1.54) is 0 Å². The summed E-state index contributed by atoms with van der Waals surface area (Å²) in [6, 6.07) is 21.4. The first-order chi connectivity index (χ1) is 21.8. The second-order valence-electron chi connectivity index (χ2n) is 11.3. The molecule has 45 heavy (non-hydrogen) atoms. The van der Waals surface area contributed by atoms with Crippen molar-refractivity contribution >= 4 is 26.7 Å². The van der Waals surface area contributed by atoms with Gasteiger partial charge in [0.05, 0.1) is 29.7 Å². The Balaban J connectivity index is 1.26. The smallest absolute Gasteiger partial charge is 0.243 e. The second-order valence-corrected chi connectivity index (χ2v) is 13.2. The molecule has 1 aliphatic heterocycles. The minimum atomic E-state index is -3.54. The van der Waals surface area contributed by atoms with E-state index in [1.807, 2.05) is 62.4 Å². The largest absolute Gasteiger partial charge is 0.490 e. The summed E-state index contributed by atoms with van der Waals surface area (Å²) in [4.78, 5) is 12.5. The molecular formula is C35H45N5O4S. The summed E-state index contributed by atoms with van der Waals surface area (Å²) in [5.74, 6) is 3.04. The number of rotatable bonds is 14. The number of ether oxygens (including phenoxy) is 2. The van der Waals surface area contributed by atoms with Gasteiger partial charge in [0.1, 0.15) is 11.6 Å². The van der Waals surface area contributed by atoms with Crippen LogP contribution in [0.3, 0.4) is 0 Å². The van der Waals surface area contributed by atoms with E-state index in [0.29, 0.717) is 50.8 Å². The number of para-hydroxylation sites is 1. The molecule has 0 spiro atoms. The number of hydrogen-bond donors (Lipinski definition) is 1. The molecule has 0 saturated carbocycles. The van der Waals surface area contributed by atoms with Gasteiger partial charge in [-0.05, 0) is 81.1 Å². The summed E-state index contributed by atoms with van der Waals surface area (Å²) in [5, 5.41) is 4.52. The number of piperazine rings is 1. The Bertz CT molecular complexity index is 1670. The molecule has 9 nitrogen and oxygen atoms in total. The Kier molecular flexibility index (Phi) is 10.9. The van der Waals surface area contributed by atoms with Crippen molar-refractivity contribution in [3.63, 3.8) is 0 Å². The second kappa shape index (κ2) is 15.0. The molecule has 5 rings (SSSR count). The van der Waals surface area contributed by atoms with Gasteiger partial charge in [-0.2, -0.15) is 4.31 Å². The van der Waals surface area contributed by atoms with E-state index in [-0.39, 0.29) is 6.04 Å². The summed E-state index contributed by atoms with van der Waals surface area (Å²) < 4.78 is 39.8. The molecular weight excluding hydrogens is 586 g/mol. The number of sulfonamides is 1. The Morgan fingerprint density at radius 1 is 0.822 bits per heavy atom. The molecule has 0 unspecified atom stereocenters. The van der Waals surface area contributed by atoms with Gasteiger partial charge >= 0.3 is 0 Å². The van der Waals surface area contributed by atoms with Gasteiger partial charge in [-0.1, -0.05) is 43.7 Å². The number of aromatic nitrogens is 2. The van der Waals surface area contributed by atoms with Crippen molar-refractivity contribution in [1.82, 2.24) is 19.2 Å². The first kappa shape index (κ1) is 32.7. The van der Waals surface area contributed by atoms with E-state index in [9.17, 15) is 8.42 Å². The van der Waals surface area contributed by atoms with Gasteiger partial charge in [-0.15, -0.1) is 0 Å². The van der Waals surface area contributed by atoms with Crippen LogP contribution in [0, 0.1) is 0 Å². The minimum absolute atomic E-state index is 0.0757. The fourth-order valence-corrected chi connectivity index (χ4v) is 7.17. The molecule has 0 aliphatic carbocycles. The maximum atomic E-state index is 13.4. The Labute approximate surface area is 267 Å². The topological polar surface area (TPSA) is 96.9 Å². The van der Waals surface area contributed by atoms with Crippen LogP contribution in [0.2, 0.25) is 0 Å². The molecule has 2 heterocycles. The molecule has 1 fully saturated rings. The highest BCUT2D eigenvalue weighted by atomic mass is 32.2. The van der Waals surface area contributed by atoms with Crippen molar-refractivity contribution in [2.24, 2.45) is 0 Å². The summed E-state index contributed by atoms with van der Waals surface area (Å²) in [7, 11) is -3.54. The molecule has 1 atom stereocenters. The van der Waals surface area contributed by atoms with E-state index in [0.717, 1.165) is 64.4 Å². The lowest BCUT2D eigenvalue weighted by Crippen LogP contribution is -2.49. The van der Waals surface area contributed by atoms with Crippen molar-refractivity contribution in [2.75, 3.05) is 51.3 Å². The van der Waals surface area contributed by atoms with Crippen molar-refractivity contribution in [1.29, 1.82) is 0 Å². The van der Waals surface area contributed by atoms with Crippen molar-refractivity contribution in [2.45, 2.75) is 57.9 Å². The summed E-state index contributed by atoms with van der Waals surface area (Å²) in [6.07, 6.45) is 2.76. The monoisotopic (exact) mass is 631 g/mol. The highest BCUT2D eigenvalue weighted by Gasteiger charge is 2.31. The normalized spacial score (nSPS) is 15.2. The molecule has 0 bridgehead atoms. The molecule has 1 saturated heterocycles.